The molecule has 180 valence electrons. The van der Waals surface area contributed by atoms with Gasteiger partial charge in [-0.2, -0.15) is 0 Å². The van der Waals surface area contributed by atoms with Crippen LogP contribution in [-0.2, 0) is 9.36 Å². The molecule has 1 atom stereocenters. The lowest BCUT2D eigenvalue weighted by molar-refractivity contribution is -0.128. The third-order valence-electron chi connectivity index (χ3n) is 5.13. The van der Waals surface area contributed by atoms with Crippen LogP contribution in [0.15, 0.2) is 79.4 Å². The lowest BCUT2D eigenvalue weighted by Gasteiger charge is -2.21. The van der Waals surface area contributed by atoms with Crippen molar-refractivity contribution in [2.45, 2.75) is 0 Å². The number of methoxy groups -OCH3 is 3. The molecule has 35 heavy (non-hydrogen) atoms. The molecule has 8 nitrogen and oxygen atoms in total. The van der Waals surface area contributed by atoms with E-state index in [-0.39, 0.29) is 39.4 Å². The van der Waals surface area contributed by atoms with Crippen LogP contribution < -0.4 is 24.3 Å². The molecule has 3 aromatic rings. The molecule has 3 aromatic carbocycles. The molecular weight excluding hydrogens is 471 g/mol. The fraction of sp³-hybridized carbons (Fsp3) is 0.115. The molecule has 0 fully saturated rings. The van der Waals surface area contributed by atoms with E-state index >= 15 is 0 Å². The Balaban J connectivity index is 2.34. The Morgan fingerprint density at radius 2 is 1.11 bits per heavy atom. The third-order valence-corrected chi connectivity index (χ3v) is 7.75. The van der Waals surface area contributed by atoms with Gasteiger partial charge in [-0.05, 0) is 24.3 Å². The molecule has 0 bridgehead atoms. The molecule has 0 N–H and O–H groups in total. The Morgan fingerprint density at radius 3 is 1.54 bits per heavy atom. The van der Waals surface area contributed by atoms with E-state index in [9.17, 15) is 18.9 Å². The first-order valence-electron chi connectivity index (χ1n) is 10.3. The number of esters is 1. The van der Waals surface area contributed by atoms with Crippen molar-refractivity contribution in [1.29, 1.82) is 0 Å². The van der Waals surface area contributed by atoms with E-state index in [1.165, 1.54) is 63.8 Å². The second-order valence-electron chi connectivity index (χ2n) is 7.05. The Bertz CT molecular complexity index is 1310. The lowest BCUT2D eigenvalue weighted by atomic mass is 10.2. The number of benzene rings is 3. The van der Waals surface area contributed by atoms with Crippen molar-refractivity contribution in [3.63, 3.8) is 0 Å². The Kier molecular flexibility index (Phi) is 7.89. The van der Waals surface area contributed by atoms with Gasteiger partial charge in [0.05, 0.1) is 21.3 Å². The Morgan fingerprint density at radius 1 is 0.686 bits per heavy atom. The SMILES string of the molecule is C=CC(=O)Oc1cccc(OC)c1C(=O)P(=O)(C(=O)c1c(OC)cccc1OC)c1ccccc1. The Labute approximate surface area is 202 Å². The van der Waals surface area contributed by atoms with E-state index in [0.717, 1.165) is 6.08 Å². The van der Waals surface area contributed by atoms with Gasteiger partial charge in [0.15, 0.2) is 0 Å². The van der Waals surface area contributed by atoms with E-state index in [2.05, 4.69) is 6.58 Å². The summed E-state index contributed by atoms with van der Waals surface area (Å²) in [5.74, 6) is -0.941. The zero-order valence-electron chi connectivity index (χ0n) is 19.3. The summed E-state index contributed by atoms with van der Waals surface area (Å²) >= 11 is 0. The van der Waals surface area contributed by atoms with Crippen molar-refractivity contribution < 1.29 is 37.9 Å². The van der Waals surface area contributed by atoms with Crippen molar-refractivity contribution in [1.82, 2.24) is 0 Å². The van der Waals surface area contributed by atoms with Crippen molar-refractivity contribution >= 4 is 29.5 Å². The highest BCUT2D eigenvalue weighted by Crippen LogP contribution is 2.55. The zero-order chi connectivity index (χ0) is 25.6. The molecule has 9 heteroatoms. The molecule has 0 saturated heterocycles. The number of carbonyl (C=O) groups excluding carboxylic acids is 3. The minimum atomic E-state index is -4.63. The molecule has 0 radical (unpaired) electrons. The van der Waals surface area contributed by atoms with Gasteiger partial charge in [0.25, 0.3) is 0 Å². The van der Waals surface area contributed by atoms with E-state index < -0.39 is 24.2 Å². The van der Waals surface area contributed by atoms with E-state index in [0.29, 0.717) is 0 Å². The van der Waals surface area contributed by atoms with Crippen LogP contribution in [-0.4, -0.2) is 38.3 Å². The maximum atomic E-state index is 14.7. The average molecular weight is 494 g/mol. The summed E-state index contributed by atoms with van der Waals surface area (Å²) in [5, 5.41) is -0.0186. The fourth-order valence-electron chi connectivity index (χ4n) is 3.47. The van der Waals surface area contributed by atoms with Crippen LogP contribution in [0.4, 0.5) is 0 Å². The first-order chi connectivity index (χ1) is 16.8. The highest BCUT2D eigenvalue weighted by atomic mass is 31.2. The maximum Gasteiger partial charge on any atom is 0.335 e. The van der Waals surface area contributed by atoms with Crippen molar-refractivity contribution in [3.8, 4) is 23.0 Å². The smallest absolute Gasteiger partial charge is 0.335 e. The maximum absolute atomic E-state index is 14.7. The van der Waals surface area contributed by atoms with Crippen LogP contribution in [0.3, 0.4) is 0 Å². The zero-order valence-corrected chi connectivity index (χ0v) is 20.2. The second kappa shape index (κ2) is 10.8. The molecule has 0 spiro atoms. The summed E-state index contributed by atoms with van der Waals surface area (Å²) in [6.45, 7) is 3.35. The van der Waals surface area contributed by atoms with Crippen LogP contribution in [0.1, 0.15) is 20.7 Å². The van der Waals surface area contributed by atoms with Crippen LogP contribution >= 0.6 is 7.14 Å². The minimum absolute atomic E-state index is 0.0186. The molecule has 0 aliphatic rings. The number of hydrogen-bond acceptors (Lipinski definition) is 8. The summed E-state index contributed by atoms with van der Waals surface area (Å²) in [7, 11) is -0.654. The van der Waals surface area contributed by atoms with Crippen LogP contribution in [0.5, 0.6) is 23.0 Å². The van der Waals surface area contributed by atoms with Gasteiger partial charge < -0.3 is 23.5 Å². The highest BCUT2D eigenvalue weighted by Gasteiger charge is 2.47. The quantitative estimate of drug-likeness (QED) is 0.176. The molecule has 1 unspecified atom stereocenters. The van der Waals surface area contributed by atoms with Gasteiger partial charge in [0, 0.05) is 11.4 Å². The van der Waals surface area contributed by atoms with E-state index in [4.69, 9.17) is 18.9 Å². The van der Waals surface area contributed by atoms with Crippen LogP contribution in [0.25, 0.3) is 0 Å². The van der Waals surface area contributed by atoms with Crippen LogP contribution in [0.2, 0.25) is 0 Å². The molecular formula is C26H23O8P. The fourth-order valence-corrected chi connectivity index (χ4v) is 5.78. The van der Waals surface area contributed by atoms with Gasteiger partial charge in [-0.25, -0.2) is 4.79 Å². The topological polar surface area (TPSA) is 105 Å². The molecule has 3 rings (SSSR count). The van der Waals surface area contributed by atoms with Gasteiger partial charge in [-0.3, -0.25) is 9.59 Å². The molecule has 0 heterocycles. The number of ether oxygens (including phenoxy) is 4. The van der Waals surface area contributed by atoms with E-state index in [1.807, 2.05) is 0 Å². The number of carbonyl (C=O) groups is 3. The summed E-state index contributed by atoms with van der Waals surface area (Å²) in [6, 6.07) is 16.5. The van der Waals surface area contributed by atoms with Crippen molar-refractivity contribution in [3.05, 3.63) is 90.5 Å². The third kappa shape index (κ3) is 4.74. The predicted octanol–water partition coefficient (Wildman–Crippen LogP) is 4.47. The van der Waals surface area contributed by atoms with Gasteiger partial charge in [-0.1, -0.05) is 49.0 Å². The van der Waals surface area contributed by atoms with Crippen molar-refractivity contribution in [2.75, 3.05) is 21.3 Å². The summed E-state index contributed by atoms with van der Waals surface area (Å²) in [5.41, 5.74) is -2.56. The first-order valence-corrected chi connectivity index (χ1v) is 12.0. The van der Waals surface area contributed by atoms with Gasteiger partial charge >= 0.3 is 5.97 Å². The normalized spacial score (nSPS) is 12.1. The molecule has 0 amide bonds. The predicted molar refractivity (Wildman–Crippen MR) is 131 cm³/mol. The second-order valence-corrected chi connectivity index (χ2v) is 9.60. The average Bonchev–Trinajstić information content (AvgIpc) is 2.91. The van der Waals surface area contributed by atoms with Crippen molar-refractivity contribution in [2.24, 2.45) is 0 Å². The first kappa shape index (κ1) is 25.5. The van der Waals surface area contributed by atoms with Gasteiger partial charge in [0.2, 0.25) is 18.2 Å². The summed E-state index contributed by atoms with van der Waals surface area (Å²) in [4.78, 5) is 40.0. The summed E-state index contributed by atoms with van der Waals surface area (Å²) in [6.07, 6.45) is 0.912. The number of hydrogen-bond donors (Lipinski definition) is 0. The molecule has 0 aliphatic heterocycles. The lowest BCUT2D eigenvalue weighted by Crippen LogP contribution is -2.22. The van der Waals surface area contributed by atoms with E-state index in [1.54, 1.807) is 24.3 Å². The minimum Gasteiger partial charge on any atom is -0.496 e. The van der Waals surface area contributed by atoms with Crippen LogP contribution in [0, 0.1) is 0 Å². The van der Waals surface area contributed by atoms with Gasteiger partial charge in [-0.15, -0.1) is 0 Å². The Hall–Kier alpha value is -4.16. The molecule has 0 aliphatic carbocycles. The monoisotopic (exact) mass is 494 g/mol. The van der Waals surface area contributed by atoms with Gasteiger partial charge in [0.1, 0.15) is 34.1 Å². The molecule has 0 saturated carbocycles. The standard InChI is InChI=1S/C26H23O8P/c1-5-22(27)34-21-16-10-15-20(33-4)24(21)26(29)35(30,17-11-7-6-8-12-17)25(28)23-18(31-2)13-9-14-19(23)32-3/h5-16H,1H2,2-4H3. The summed E-state index contributed by atoms with van der Waals surface area (Å²) < 4.78 is 35.9. The highest BCUT2D eigenvalue weighted by molar-refractivity contribution is 8.01. The largest absolute Gasteiger partial charge is 0.496 e. The number of rotatable bonds is 10. The molecule has 0 aromatic heterocycles.